The Bertz CT molecular complexity index is 788. The molecule has 0 spiro atoms. The molecule has 1 N–H and O–H groups in total. The van der Waals surface area contributed by atoms with Gasteiger partial charge in [-0.1, -0.05) is 18.2 Å². The van der Waals surface area contributed by atoms with E-state index in [1.165, 1.54) is 0 Å². The third-order valence-corrected chi connectivity index (χ3v) is 6.70. The first kappa shape index (κ1) is 19.3. The van der Waals surface area contributed by atoms with Gasteiger partial charge < -0.3 is 10.1 Å². The summed E-state index contributed by atoms with van der Waals surface area (Å²) < 4.78 is 29.4. The minimum atomic E-state index is -3.33. The summed E-state index contributed by atoms with van der Waals surface area (Å²) in [6.45, 7) is 4.09. The van der Waals surface area contributed by atoms with E-state index in [2.05, 4.69) is 5.32 Å². The van der Waals surface area contributed by atoms with E-state index in [0.29, 0.717) is 22.8 Å². The van der Waals surface area contributed by atoms with Gasteiger partial charge in [-0.05, 0) is 61.0 Å². The van der Waals surface area contributed by atoms with Crippen LogP contribution in [0.25, 0.3) is 0 Å². The van der Waals surface area contributed by atoms with Crippen LogP contribution in [0.4, 0.5) is 5.69 Å². The number of hydrogen-bond donors (Lipinski definition) is 1. The summed E-state index contributed by atoms with van der Waals surface area (Å²) in [5, 5.41) is 3.14. The number of carbonyl (C=O) groups is 1. The zero-order valence-corrected chi connectivity index (χ0v) is 15.8. The zero-order chi connectivity index (χ0) is 18.3. The fraction of sp³-hybridized carbons (Fsp3) is 0.278. The summed E-state index contributed by atoms with van der Waals surface area (Å²) in [5.41, 5.74) is 1.30. The average Bonchev–Trinajstić information content (AvgIpc) is 2.59. The molecule has 0 saturated heterocycles. The number of esters is 1. The Balaban J connectivity index is 1.81. The normalized spacial score (nSPS) is 11.3. The molecule has 0 aromatic heterocycles. The quantitative estimate of drug-likeness (QED) is 0.427. The second kappa shape index (κ2) is 8.92. The van der Waals surface area contributed by atoms with Crippen LogP contribution in [0.2, 0.25) is 0 Å². The van der Waals surface area contributed by atoms with Crippen LogP contribution in [0.3, 0.4) is 0 Å². The Hall–Kier alpha value is -1.99. The predicted molar refractivity (Wildman–Crippen MR) is 102 cm³/mol. The highest BCUT2D eigenvalue weighted by molar-refractivity contribution is 8.72. The second-order valence-corrected chi connectivity index (χ2v) is 9.59. The molecule has 2 rings (SSSR count). The standard InChI is InChI=1S/C18H21NO4S2/c1-14(2)23-18(20)15-8-10-16(11-9-15)19-12-13-24-25(21,22)17-6-4-3-5-7-17/h3-11,14,19H,12-13H2,1-2H3. The lowest BCUT2D eigenvalue weighted by molar-refractivity contribution is 0.0378. The van der Waals surface area contributed by atoms with Gasteiger partial charge in [-0.25, -0.2) is 13.2 Å². The smallest absolute Gasteiger partial charge is 0.338 e. The highest BCUT2D eigenvalue weighted by Gasteiger charge is 2.14. The summed E-state index contributed by atoms with van der Waals surface area (Å²) in [7, 11) is -2.43. The van der Waals surface area contributed by atoms with Crippen LogP contribution >= 0.6 is 10.8 Å². The average molecular weight is 380 g/mol. The van der Waals surface area contributed by atoms with Crippen molar-refractivity contribution >= 4 is 31.3 Å². The highest BCUT2D eigenvalue weighted by Crippen LogP contribution is 2.22. The Morgan fingerprint density at radius 1 is 1.08 bits per heavy atom. The molecule has 0 radical (unpaired) electrons. The van der Waals surface area contributed by atoms with Crippen molar-refractivity contribution in [3.8, 4) is 0 Å². The van der Waals surface area contributed by atoms with Crippen molar-refractivity contribution < 1.29 is 17.9 Å². The zero-order valence-electron chi connectivity index (χ0n) is 14.1. The monoisotopic (exact) mass is 379 g/mol. The molecule has 134 valence electrons. The van der Waals surface area contributed by atoms with Crippen LogP contribution < -0.4 is 5.32 Å². The van der Waals surface area contributed by atoms with Crippen molar-refractivity contribution in [2.45, 2.75) is 24.8 Å². The van der Waals surface area contributed by atoms with Crippen molar-refractivity contribution in [3.63, 3.8) is 0 Å². The minimum Gasteiger partial charge on any atom is -0.459 e. The highest BCUT2D eigenvalue weighted by atomic mass is 33.1. The van der Waals surface area contributed by atoms with E-state index >= 15 is 0 Å². The number of hydrogen-bond acceptors (Lipinski definition) is 6. The molecule has 0 fully saturated rings. The third-order valence-electron chi connectivity index (χ3n) is 3.16. The summed E-state index contributed by atoms with van der Waals surface area (Å²) in [4.78, 5) is 12.1. The van der Waals surface area contributed by atoms with E-state index in [9.17, 15) is 13.2 Å². The van der Waals surface area contributed by atoms with Crippen molar-refractivity contribution in [1.29, 1.82) is 0 Å². The summed E-state index contributed by atoms with van der Waals surface area (Å²) in [5.74, 6) is 0.0556. The lowest BCUT2D eigenvalue weighted by atomic mass is 10.2. The molecule has 7 heteroatoms. The maximum Gasteiger partial charge on any atom is 0.338 e. The second-order valence-electron chi connectivity index (χ2n) is 5.55. The molecule has 0 bridgehead atoms. The van der Waals surface area contributed by atoms with Gasteiger partial charge in [0.15, 0.2) is 0 Å². The van der Waals surface area contributed by atoms with Gasteiger partial charge >= 0.3 is 5.97 Å². The van der Waals surface area contributed by atoms with Gasteiger partial charge in [0.05, 0.1) is 16.6 Å². The van der Waals surface area contributed by atoms with Crippen LogP contribution in [-0.2, 0) is 13.6 Å². The Labute approximate surface area is 152 Å². The summed E-state index contributed by atoms with van der Waals surface area (Å²) >= 11 is 0. The first-order valence-corrected chi connectivity index (χ1v) is 10.9. The van der Waals surface area contributed by atoms with E-state index in [-0.39, 0.29) is 12.1 Å². The van der Waals surface area contributed by atoms with E-state index in [1.54, 1.807) is 68.4 Å². The van der Waals surface area contributed by atoms with Gasteiger partial charge in [-0.15, -0.1) is 0 Å². The van der Waals surface area contributed by atoms with Crippen LogP contribution in [0, 0.1) is 0 Å². The number of ether oxygens (including phenoxy) is 1. The Morgan fingerprint density at radius 3 is 2.32 bits per heavy atom. The van der Waals surface area contributed by atoms with Crippen LogP contribution in [0.5, 0.6) is 0 Å². The molecule has 0 amide bonds. The van der Waals surface area contributed by atoms with E-state index < -0.39 is 8.87 Å². The fourth-order valence-electron chi connectivity index (χ4n) is 2.01. The maximum absolute atomic E-state index is 12.1. The van der Waals surface area contributed by atoms with Crippen LogP contribution in [-0.4, -0.2) is 32.8 Å². The van der Waals surface area contributed by atoms with Crippen LogP contribution in [0.1, 0.15) is 24.2 Å². The molecular formula is C18H21NO4S2. The fourth-order valence-corrected chi connectivity index (χ4v) is 4.69. The third kappa shape index (κ3) is 6.10. The molecule has 2 aromatic carbocycles. The maximum atomic E-state index is 12.1. The summed E-state index contributed by atoms with van der Waals surface area (Å²) in [6.07, 6.45) is -0.158. The predicted octanol–water partition coefficient (Wildman–Crippen LogP) is 3.79. The first-order valence-electron chi connectivity index (χ1n) is 7.88. The van der Waals surface area contributed by atoms with Gasteiger partial charge in [0, 0.05) is 18.0 Å². The Kier molecular flexibility index (Phi) is 6.90. The SMILES string of the molecule is CC(C)OC(=O)c1ccc(NCCSS(=O)(=O)c2ccccc2)cc1. The van der Waals surface area contributed by atoms with Gasteiger partial charge in [0.2, 0.25) is 8.87 Å². The van der Waals surface area contributed by atoms with Gasteiger partial charge in [0.25, 0.3) is 0 Å². The molecule has 0 atom stereocenters. The van der Waals surface area contributed by atoms with Crippen molar-refractivity contribution in [3.05, 3.63) is 60.2 Å². The molecule has 0 aliphatic heterocycles. The molecule has 25 heavy (non-hydrogen) atoms. The van der Waals surface area contributed by atoms with Gasteiger partial charge in [-0.2, -0.15) is 0 Å². The first-order chi connectivity index (χ1) is 11.9. The molecule has 2 aromatic rings. The van der Waals surface area contributed by atoms with E-state index in [4.69, 9.17) is 4.74 Å². The summed E-state index contributed by atoms with van der Waals surface area (Å²) in [6, 6.07) is 15.3. The molecule has 0 unspecified atom stereocenters. The molecule has 0 heterocycles. The van der Waals surface area contributed by atoms with E-state index in [0.717, 1.165) is 16.5 Å². The topological polar surface area (TPSA) is 72.5 Å². The molecule has 5 nitrogen and oxygen atoms in total. The molecular weight excluding hydrogens is 358 g/mol. The lowest BCUT2D eigenvalue weighted by Crippen LogP contribution is -2.11. The Morgan fingerprint density at radius 2 is 1.72 bits per heavy atom. The number of anilines is 1. The molecule has 0 aliphatic carbocycles. The van der Waals surface area contributed by atoms with Gasteiger partial charge in [-0.3, -0.25) is 0 Å². The van der Waals surface area contributed by atoms with Crippen molar-refractivity contribution in [2.75, 3.05) is 17.6 Å². The number of benzene rings is 2. The largest absolute Gasteiger partial charge is 0.459 e. The number of carbonyl (C=O) groups excluding carboxylic acids is 1. The van der Waals surface area contributed by atoms with Crippen LogP contribution in [0.15, 0.2) is 59.5 Å². The van der Waals surface area contributed by atoms with Crippen molar-refractivity contribution in [1.82, 2.24) is 0 Å². The minimum absolute atomic E-state index is 0.158. The lowest BCUT2D eigenvalue weighted by Gasteiger charge is -2.09. The van der Waals surface area contributed by atoms with Crippen molar-refractivity contribution in [2.24, 2.45) is 0 Å². The molecule has 0 saturated carbocycles. The number of nitrogens with one attached hydrogen (secondary N) is 1. The molecule has 0 aliphatic rings. The number of rotatable bonds is 8. The van der Waals surface area contributed by atoms with Gasteiger partial charge in [0.1, 0.15) is 0 Å². The van der Waals surface area contributed by atoms with E-state index in [1.807, 2.05) is 0 Å².